The van der Waals surface area contributed by atoms with Gasteiger partial charge in [0.25, 0.3) is 5.91 Å². The van der Waals surface area contributed by atoms with Gasteiger partial charge in [0.2, 0.25) is 0 Å². The van der Waals surface area contributed by atoms with Gasteiger partial charge in [0.15, 0.2) is 0 Å². The summed E-state index contributed by atoms with van der Waals surface area (Å²) in [7, 11) is 2.87. The molecule has 0 aliphatic carbocycles. The van der Waals surface area contributed by atoms with E-state index in [1.165, 1.54) is 12.0 Å². The quantitative estimate of drug-likeness (QED) is 0.561. The van der Waals surface area contributed by atoms with Gasteiger partial charge in [0, 0.05) is 24.9 Å². The minimum atomic E-state index is -0.536. The number of hydrogen-bond donors (Lipinski definition) is 0. The molecule has 134 valence electrons. The van der Waals surface area contributed by atoms with Crippen LogP contribution in [0.3, 0.4) is 0 Å². The minimum absolute atomic E-state index is 0.249. The van der Waals surface area contributed by atoms with Crippen LogP contribution < -0.4 is 4.74 Å². The summed E-state index contributed by atoms with van der Waals surface area (Å²) < 4.78 is 15.5. The number of methoxy groups -OCH3 is 2. The summed E-state index contributed by atoms with van der Waals surface area (Å²) in [4.78, 5) is 26.6. The first-order chi connectivity index (χ1) is 12.0. The number of ether oxygens (including phenoxy) is 3. The van der Waals surface area contributed by atoms with Crippen molar-refractivity contribution in [2.45, 2.75) is 13.8 Å². The van der Waals surface area contributed by atoms with Crippen molar-refractivity contribution < 1.29 is 23.8 Å². The zero-order valence-electron chi connectivity index (χ0n) is 15.0. The van der Waals surface area contributed by atoms with Crippen LogP contribution in [0.5, 0.6) is 5.75 Å². The third-order valence-electron chi connectivity index (χ3n) is 3.94. The van der Waals surface area contributed by atoms with Gasteiger partial charge in [-0.1, -0.05) is 18.2 Å². The van der Waals surface area contributed by atoms with Crippen molar-refractivity contribution >= 4 is 18.0 Å². The molecule has 0 radical (unpaired) electrons. The number of hydrogen-bond acceptors (Lipinski definition) is 5. The summed E-state index contributed by atoms with van der Waals surface area (Å²) in [5, 5.41) is 0. The second-order valence-corrected chi connectivity index (χ2v) is 5.43. The summed E-state index contributed by atoms with van der Waals surface area (Å²) >= 11 is 0. The molecule has 6 heteroatoms. The fraction of sp³-hybridized carbons (Fsp3) is 0.368. The van der Waals surface area contributed by atoms with E-state index < -0.39 is 5.97 Å². The van der Waals surface area contributed by atoms with Crippen LogP contribution >= 0.6 is 0 Å². The Morgan fingerprint density at radius 2 is 1.96 bits per heavy atom. The molecule has 2 rings (SSSR count). The van der Waals surface area contributed by atoms with E-state index in [4.69, 9.17) is 14.2 Å². The maximum atomic E-state index is 12.8. The lowest BCUT2D eigenvalue weighted by Crippen LogP contribution is -2.28. The second kappa shape index (κ2) is 8.48. The van der Waals surface area contributed by atoms with Crippen molar-refractivity contribution in [3.8, 4) is 5.75 Å². The number of amides is 1. The van der Waals surface area contributed by atoms with Gasteiger partial charge in [-0.2, -0.15) is 0 Å². The number of carbonyl (C=O) groups is 2. The molecule has 1 aromatic carbocycles. The summed E-state index contributed by atoms with van der Waals surface area (Å²) in [6, 6.07) is 7.38. The summed E-state index contributed by atoms with van der Waals surface area (Å²) in [5.41, 5.74) is 1.87. The highest BCUT2D eigenvalue weighted by Crippen LogP contribution is 2.33. The molecule has 0 saturated carbocycles. The van der Waals surface area contributed by atoms with Crippen molar-refractivity contribution in [3.05, 3.63) is 46.7 Å². The van der Waals surface area contributed by atoms with Gasteiger partial charge in [-0.15, -0.1) is 0 Å². The third-order valence-corrected chi connectivity index (χ3v) is 3.94. The van der Waals surface area contributed by atoms with Gasteiger partial charge in [-0.05, 0) is 26.0 Å². The fourth-order valence-electron chi connectivity index (χ4n) is 2.72. The number of esters is 1. The standard InChI is InChI=1S/C19H23NO5/c1-5-25-16-9-7-6-8-14(16)12-15-17(19(22)24-4)13(2)20(18(15)21)10-11-23-3/h6-9,12H,5,10-11H2,1-4H3/b15-12-. The smallest absolute Gasteiger partial charge is 0.340 e. The average Bonchev–Trinajstić information content (AvgIpc) is 2.84. The van der Waals surface area contributed by atoms with Gasteiger partial charge in [-0.25, -0.2) is 4.79 Å². The molecule has 0 saturated heterocycles. The molecular formula is C19H23NO5. The highest BCUT2D eigenvalue weighted by molar-refractivity contribution is 6.16. The van der Waals surface area contributed by atoms with E-state index in [1.54, 1.807) is 20.1 Å². The number of allylic oxidation sites excluding steroid dienone is 1. The normalized spacial score (nSPS) is 15.9. The Morgan fingerprint density at radius 1 is 1.24 bits per heavy atom. The fourth-order valence-corrected chi connectivity index (χ4v) is 2.72. The van der Waals surface area contributed by atoms with Crippen LogP contribution in [0.2, 0.25) is 0 Å². The van der Waals surface area contributed by atoms with Crippen molar-refractivity contribution in [1.82, 2.24) is 4.90 Å². The van der Waals surface area contributed by atoms with Crippen LogP contribution in [0.15, 0.2) is 41.1 Å². The van der Waals surface area contributed by atoms with Crippen molar-refractivity contribution in [1.29, 1.82) is 0 Å². The largest absolute Gasteiger partial charge is 0.493 e. The highest BCUT2D eigenvalue weighted by atomic mass is 16.5. The Labute approximate surface area is 147 Å². The van der Waals surface area contributed by atoms with Crippen LogP contribution in [0.1, 0.15) is 19.4 Å². The Balaban J connectivity index is 2.51. The zero-order valence-corrected chi connectivity index (χ0v) is 15.0. The number of nitrogens with zero attached hydrogens (tertiary/aromatic N) is 1. The van der Waals surface area contributed by atoms with Gasteiger partial charge < -0.3 is 19.1 Å². The molecule has 0 atom stereocenters. The monoisotopic (exact) mass is 345 g/mol. The Hall–Kier alpha value is -2.60. The van der Waals surface area contributed by atoms with Gasteiger partial charge in [0.1, 0.15) is 5.75 Å². The third kappa shape index (κ3) is 3.91. The first kappa shape index (κ1) is 18.7. The molecule has 1 aliphatic heterocycles. The lowest BCUT2D eigenvalue weighted by Gasteiger charge is -2.16. The summed E-state index contributed by atoms with van der Waals surface area (Å²) in [6.07, 6.45) is 1.68. The number of carbonyl (C=O) groups excluding carboxylic acids is 2. The lowest BCUT2D eigenvalue weighted by atomic mass is 10.0. The first-order valence-corrected chi connectivity index (χ1v) is 8.09. The Morgan fingerprint density at radius 3 is 2.60 bits per heavy atom. The molecule has 0 bridgehead atoms. The predicted octanol–water partition coefficient (Wildman–Crippen LogP) is 2.40. The zero-order chi connectivity index (χ0) is 18.4. The Kier molecular flexibility index (Phi) is 6.36. The first-order valence-electron chi connectivity index (χ1n) is 8.09. The molecule has 0 N–H and O–H groups in total. The minimum Gasteiger partial charge on any atom is -0.493 e. The molecule has 1 heterocycles. The van der Waals surface area contributed by atoms with Crippen molar-refractivity contribution in [2.24, 2.45) is 0 Å². The molecular weight excluding hydrogens is 322 g/mol. The maximum Gasteiger partial charge on any atom is 0.340 e. The van der Waals surface area contributed by atoms with Crippen LogP contribution in [-0.2, 0) is 19.1 Å². The number of rotatable bonds is 7. The topological polar surface area (TPSA) is 65.1 Å². The maximum absolute atomic E-state index is 12.8. The molecule has 1 aliphatic rings. The van der Waals surface area contributed by atoms with E-state index in [0.29, 0.717) is 36.8 Å². The van der Waals surface area contributed by atoms with Crippen LogP contribution in [0, 0.1) is 0 Å². The lowest BCUT2D eigenvalue weighted by molar-refractivity contribution is -0.136. The van der Waals surface area contributed by atoms with E-state index in [2.05, 4.69) is 0 Å². The van der Waals surface area contributed by atoms with Crippen molar-refractivity contribution in [2.75, 3.05) is 34.0 Å². The van der Waals surface area contributed by atoms with Crippen molar-refractivity contribution in [3.63, 3.8) is 0 Å². The van der Waals surface area contributed by atoms with Gasteiger partial charge in [-0.3, -0.25) is 4.79 Å². The second-order valence-electron chi connectivity index (χ2n) is 5.43. The van der Waals surface area contributed by atoms with Crippen LogP contribution in [0.4, 0.5) is 0 Å². The molecule has 0 fully saturated rings. The molecule has 1 amide bonds. The molecule has 1 aromatic rings. The SMILES string of the molecule is CCOc1ccccc1/C=C1\C(=O)N(CCOC)C(C)=C1C(=O)OC. The summed E-state index contributed by atoms with van der Waals surface area (Å²) in [6.45, 7) is 4.87. The van der Waals surface area contributed by atoms with Crippen LogP contribution in [-0.4, -0.2) is 50.8 Å². The number of benzene rings is 1. The molecule has 0 aromatic heterocycles. The molecule has 25 heavy (non-hydrogen) atoms. The predicted molar refractivity (Wildman–Crippen MR) is 93.9 cm³/mol. The molecule has 6 nitrogen and oxygen atoms in total. The van der Waals surface area contributed by atoms with E-state index in [9.17, 15) is 9.59 Å². The Bertz CT molecular complexity index is 720. The van der Waals surface area contributed by atoms with E-state index >= 15 is 0 Å². The summed E-state index contributed by atoms with van der Waals surface area (Å²) in [5.74, 6) is -0.130. The number of para-hydroxylation sites is 1. The van der Waals surface area contributed by atoms with Gasteiger partial charge in [0.05, 0.1) is 31.5 Å². The average molecular weight is 345 g/mol. The van der Waals surface area contributed by atoms with E-state index in [-0.39, 0.29) is 11.5 Å². The molecule has 0 spiro atoms. The van der Waals surface area contributed by atoms with Gasteiger partial charge >= 0.3 is 5.97 Å². The molecule has 0 unspecified atom stereocenters. The van der Waals surface area contributed by atoms with Crippen LogP contribution in [0.25, 0.3) is 6.08 Å². The van der Waals surface area contributed by atoms with E-state index in [0.717, 1.165) is 5.56 Å². The van der Waals surface area contributed by atoms with E-state index in [1.807, 2.05) is 31.2 Å². The highest BCUT2D eigenvalue weighted by Gasteiger charge is 2.36.